The molecule has 0 aromatic heterocycles. The lowest BCUT2D eigenvalue weighted by Crippen LogP contribution is -2.42. The van der Waals surface area contributed by atoms with Crippen LogP contribution in [0.2, 0.25) is 0 Å². The summed E-state index contributed by atoms with van der Waals surface area (Å²) in [5.41, 5.74) is 1.83. The summed E-state index contributed by atoms with van der Waals surface area (Å²) >= 11 is 0. The molecular formula is C12H17ClF2N2. The normalized spacial score (nSPS) is 20.1. The van der Waals surface area contributed by atoms with Gasteiger partial charge in [-0.05, 0) is 18.1 Å². The molecule has 0 spiro atoms. The quantitative estimate of drug-likeness (QED) is 0.856. The zero-order valence-corrected chi connectivity index (χ0v) is 10.5. The van der Waals surface area contributed by atoms with Gasteiger partial charge >= 0.3 is 0 Å². The molecule has 1 saturated heterocycles. The highest BCUT2D eigenvalue weighted by Crippen LogP contribution is 2.28. The summed E-state index contributed by atoms with van der Waals surface area (Å²) in [6.07, 6.45) is -2.39. The van der Waals surface area contributed by atoms with Gasteiger partial charge in [0.2, 0.25) is 0 Å². The number of halogens is 3. The molecule has 2 rings (SSSR count). The van der Waals surface area contributed by atoms with Crippen molar-refractivity contribution in [3.63, 3.8) is 0 Å². The summed E-state index contributed by atoms with van der Waals surface area (Å²) in [5, 5.41) is 6.59. The monoisotopic (exact) mass is 262 g/mol. The van der Waals surface area contributed by atoms with Gasteiger partial charge in [-0.1, -0.05) is 18.2 Å². The van der Waals surface area contributed by atoms with Crippen LogP contribution < -0.4 is 10.6 Å². The van der Waals surface area contributed by atoms with E-state index in [4.69, 9.17) is 0 Å². The summed E-state index contributed by atoms with van der Waals surface area (Å²) in [5.74, 6) is 0. The Bertz CT molecular complexity index is 366. The SMILES string of the molecule is Cc1c(C(F)F)cccc1C1CNCCN1.Cl. The number of nitrogens with one attached hydrogen (secondary N) is 2. The summed E-state index contributed by atoms with van der Waals surface area (Å²) in [4.78, 5) is 0. The fraction of sp³-hybridized carbons (Fsp3) is 0.500. The predicted molar refractivity (Wildman–Crippen MR) is 67.0 cm³/mol. The summed E-state index contributed by atoms with van der Waals surface area (Å²) in [6.45, 7) is 4.38. The van der Waals surface area contributed by atoms with Crippen LogP contribution in [0.4, 0.5) is 8.78 Å². The maximum absolute atomic E-state index is 12.7. The van der Waals surface area contributed by atoms with E-state index in [0.717, 1.165) is 25.2 Å². The van der Waals surface area contributed by atoms with E-state index in [2.05, 4.69) is 10.6 Å². The van der Waals surface area contributed by atoms with Crippen molar-refractivity contribution in [3.05, 3.63) is 34.9 Å². The molecule has 0 aliphatic carbocycles. The van der Waals surface area contributed by atoms with E-state index in [0.29, 0.717) is 5.56 Å². The van der Waals surface area contributed by atoms with Gasteiger partial charge in [-0.2, -0.15) is 0 Å². The number of piperazine rings is 1. The zero-order valence-electron chi connectivity index (χ0n) is 9.67. The molecule has 0 bridgehead atoms. The molecule has 0 saturated carbocycles. The molecule has 2 nitrogen and oxygen atoms in total. The van der Waals surface area contributed by atoms with Gasteiger partial charge in [0, 0.05) is 31.2 Å². The van der Waals surface area contributed by atoms with Gasteiger partial charge in [0.05, 0.1) is 0 Å². The van der Waals surface area contributed by atoms with Gasteiger partial charge < -0.3 is 10.6 Å². The molecule has 1 aliphatic rings. The van der Waals surface area contributed by atoms with E-state index in [9.17, 15) is 8.78 Å². The van der Waals surface area contributed by atoms with Crippen LogP contribution in [-0.2, 0) is 0 Å². The lowest BCUT2D eigenvalue weighted by Gasteiger charge is -2.26. The molecule has 2 N–H and O–H groups in total. The van der Waals surface area contributed by atoms with Gasteiger partial charge in [0.15, 0.2) is 0 Å². The van der Waals surface area contributed by atoms with Crippen LogP contribution in [0.1, 0.15) is 29.2 Å². The third-order valence-corrected chi connectivity index (χ3v) is 3.07. The molecule has 1 aromatic carbocycles. The van der Waals surface area contributed by atoms with Crippen molar-refractivity contribution < 1.29 is 8.78 Å². The minimum Gasteiger partial charge on any atom is -0.314 e. The molecular weight excluding hydrogens is 246 g/mol. The average molecular weight is 263 g/mol. The Hall–Kier alpha value is -0.710. The fourth-order valence-electron chi connectivity index (χ4n) is 2.16. The minimum atomic E-state index is -2.39. The fourth-order valence-corrected chi connectivity index (χ4v) is 2.16. The standard InChI is InChI=1S/C12H16F2N2.ClH/c1-8-9(11-7-15-5-6-16-11)3-2-4-10(8)12(13)14;/h2-4,11-12,15-16H,5-7H2,1H3;1H. The second kappa shape index (κ2) is 6.28. The van der Waals surface area contributed by atoms with Crippen LogP contribution in [0.25, 0.3) is 0 Å². The molecule has 0 radical (unpaired) electrons. The first-order valence-corrected chi connectivity index (χ1v) is 5.52. The van der Waals surface area contributed by atoms with Crippen molar-refractivity contribution in [2.45, 2.75) is 19.4 Å². The first-order chi connectivity index (χ1) is 7.70. The highest BCUT2D eigenvalue weighted by atomic mass is 35.5. The number of alkyl halides is 2. The molecule has 1 atom stereocenters. The van der Waals surface area contributed by atoms with Gasteiger partial charge in [-0.3, -0.25) is 0 Å². The van der Waals surface area contributed by atoms with Crippen LogP contribution in [0.3, 0.4) is 0 Å². The van der Waals surface area contributed by atoms with Gasteiger partial charge in [0.1, 0.15) is 0 Å². The predicted octanol–water partition coefficient (Wildman–Crippen LogP) is 2.59. The van der Waals surface area contributed by atoms with Crippen LogP contribution in [0.5, 0.6) is 0 Å². The first kappa shape index (κ1) is 14.4. The third-order valence-electron chi connectivity index (χ3n) is 3.07. The lowest BCUT2D eigenvalue weighted by atomic mass is 9.96. The zero-order chi connectivity index (χ0) is 11.5. The maximum Gasteiger partial charge on any atom is 0.264 e. The Morgan fingerprint density at radius 1 is 1.29 bits per heavy atom. The minimum absolute atomic E-state index is 0. The van der Waals surface area contributed by atoms with Gasteiger partial charge in [-0.25, -0.2) is 8.78 Å². The average Bonchev–Trinajstić information content (AvgIpc) is 2.30. The molecule has 5 heteroatoms. The van der Waals surface area contributed by atoms with E-state index in [1.54, 1.807) is 13.0 Å². The van der Waals surface area contributed by atoms with Crippen LogP contribution >= 0.6 is 12.4 Å². The molecule has 1 heterocycles. The molecule has 1 aromatic rings. The topological polar surface area (TPSA) is 24.1 Å². The van der Waals surface area contributed by atoms with Gasteiger partial charge in [0.25, 0.3) is 6.43 Å². The van der Waals surface area contributed by atoms with Crippen molar-refractivity contribution >= 4 is 12.4 Å². The van der Waals surface area contributed by atoms with Crippen LogP contribution in [0.15, 0.2) is 18.2 Å². The molecule has 17 heavy (non-hydrogen) atoms. The molecule has 1 aliphatic heterocycles. The van der Waals surface area contributed by atoms with E-state index in [1.165, 1.54) is 6.07 Å². The Morgan fingerprint density at radius 3 is 2.65 bits per heavy atom. The second-order valence-electron chi connectivity index (χ2n) is 4.07. The summed E-state index contributed by atoms with van der Waals surface area (Å²) < 4.78 is 25.5. The van der Waals surface area contributed by atoms with E-state index < -0.39 is 6.43 Å². The maximum atomic E-state index is 12.7. The highest BCUT2D eigenvalue weighted by molar-refractivity contribution is 5.85. The van der Waals surface area contributed by atoms with Crippen molar-refractivity contribution in [2.75, 3.05) is 19.6 Å². The molecule has 1 unspecified atom stereocenters. The van der Waals surface area contributed by atoms with Crippen LogP contribution in [0, 0.1) is 6.92 Å². The Morgan fingerprint density at radius 2 is 2.06 bits per heavy atom. The Balaban J connectivity index is 0.00000144. The highest BCUT2D eigenvalue weighted by Gasteiger charge is 2.19. The summed E-state index contributed by atoms with van der Waals surface area (Å²) in [7, 11) is 0. The Labute approximate surface area is 106 Å². The molecule has 0 amide bonds. The number of benzene rings is 1. The van der Waals surface area contributed by atoms with Crippen molar-refractivity contribution in [1.82, 2.24) is 10.6 Å². The molecule has 1 fully saturated rings. The Kier molecular flexibility index (Phi) is 5.31. The summed E-state index contributed by atoms with van der Waals surface area (Å²) in [6, 6.07) is 5.28. The van der Waals surface area contributed by atoms with Crippen molar-refractivity contribution in [2.24, 2.45) is 0 Å². The van der Waals surface area contributed by atoms with Crippen molar-refractivity contribution in [3.8, 4) is 0 Å². The number of hydrogen-bond acceptors (Lipinski definition) is 2. The van der Waals surface area contributed by atoms with Gasteiger partial charge in [-0.15, -0.1) is 12.4 Å². The first-order valence-electron chi connectivity index (χ1n) is 5.52. The smallest absolute Gasteiger partial charge is 0.264 e. The second-order valence-corrected chi connectivity index (χ2v) is 4.07. The van der Waals surface area contributed by atoms with Crippen molar-refractivity contribution in [1.29, 1.82) is 0 Å². The lowest BCUT2D eigenvalue weighted by molar-refractivity contribution is 0.150. The number of hydrogen-bond donors (Lipinski definition) is 2. The van der Waals surface area contributed by atoms with E-state index in [-0.39, 0.29) is 24.0 Å². The van der Waals surface area contributed by atoms with Crippen LogP contribution in [-0.4, -0.2) is 19.6 Å². The third kappa shape index (κ3) is 3.15. The number of rotatable bonds is 2. The van der Waals surface area contributed by atoms with E-state index in [1.807, 2.05) is 6.07 Å². The van der Waals surface area contributed by atoms with E-state index >= 15 is 0 Å². The largest absolute Gasteiger partial charge is 0.314 e. The molecule has 96 valence electrons.